The molecule has 2 aromatic carbocycles. The fraction of sp³-hybridized carbons (Fsp3) is 0.158. The lowest BCUT2D eigenvalue weighted by molar-refractivity contribution is -0.117. The molecule has 0 unspecified atom stereocenters. The lowest BCUT2D eigenvalue weighted by Crippen LogP contribution is -2.23. The molecule has 1 saturated heterocycles. The van der Waals surface area contributed by atoms with Gasteiger partial charge in [0, 0.05) is 24.2 Å². The van der Waals surface area contributed by atoms with E-state index in [0.29, 0.717) is 37.2 Å². The van der Waals surface area contributed by atoms with E-state index >= 15 is 0 Å². The smallest absolute Gasteiger partial charge is 0.227 e. The number of carbonyl (C=O) groups excluding carboxylic acids is 2. The largest absolute Gasteiger partial charge is 0.312 e. The number of amides is 1. The highest BCUT2D eigenvalue weighted by atomic mass is 19.2. The van der Waals surface area contributed by atoms with Crippen molar-refractivity contribution in [1.82, 2.24) is 0 Å². The van der Waals surface area contributed by atoms with E-state index in [1.54, 1.807) is 6.07 Å². The van der Waals surface area contributed by atoms with Crippen LogP contribution in [0.25, 0.3) is 6.08 Å². The molecule has 0 spiro atoms. The summed E-state index contributed by atoms with van der Waals surface area (Å²) in [6, 6.07) is 6.00. The number of halogens is 5. The van der Waals surface area contributed by atoms with E-state index in [2.05, 4.69) is 0 Å². The molecular weight excluding hydrogens is 369 g/mol. The van der Waals surface area contributed by atoms with E-state index in [-0.39, 0.29) is 11.5 Å². The standard InChI is InChI=1S/C19H12F5NO2/c20-15-12(16(21)18(23)19(24)17(15)22)6-7-13(26)10-3-1-4-11(9-10)25-8-2-5-14(25)27/h1,3-4,6-7,9H,2,5,8H2/b7-6+. The summed E-state index contributed by atoms with van der Waals surface area (Å²) in [5.74, 6) is -11.3. The first-order chi connectivity index (χ1) is 12.8. The quantitative estimate of drug-likeness (QED) is 0.259. The molecule has 140 valence electrons. The van der Waals surface area contributed by atoms with Crippen LogP contribution in [0, 0.1) is 29.1 Å². The third-order valence-corrected chi connectivity index (χ3v) is 4.16. The molecule has 0 aliphatic carbocycles. The van der Waals surface area contributed by atoms with Crippen LogP contribution in [0.4, 0.5) is 27.6 Å². The molecule has 27 heavy (non-hydrogen) atoms. The molecule has 0 atom stereocenters. The Labute approximate surface area is 150 Å². The molecule has 1 aliphatic heterocycles. The second-order valence-electron chi connectivity index (χ2n) is 5.88. The van der Waals surface area contributed by atoms with E-state index < -0.39 is 40.4 Å². The van der Waals surface area contributed by atoms with Gasteiger partial charge in [0.2, 0.25) is 11.7 Å². The van der Waals surface area contributed by atoms with E-state index in [1.165, 1.54) is 23.1 Å². The Kier molecular flexibility index (Phi) is 5.07. The number of allylic oxidation sites excluding steroid dienone is 1. The van der Waals surface area contributed by atoms with Crippen LogP contribution in [0.15, 0.2) is 30.3 Å². The first-order valence-electron chi connectivity index (χ1n) is 7.95. The van der Waals surface area contributed by atoms with Crippen LogP contribution < -0.4 is 4.90 Å². The summed E-state index contributed by atoms with van der Waals surface area (Å²) < 4.78 is 66.7. The predicted octanol–water partition coefficient (Wildman–Crippen LogP) is 4.41. The van der Waals surface area contributed by atoms with Gasteiger partial charge in [-0.3, -0.25) is 9.59 Å². The van der Waals surface area contributed by atoms with Crippen LogP contribution >= 0.6 is 0 Å². The second-order valence-corrected chi connectivity index (χ2v) is 5.88. The van der Waals surface area contributed by atoms with Gasteiger partial charge in [0.25, 0.3) is 0 Å². The molecule has 2 aromatic rings. The molecule has 1 fully saturated rings. The lowest BCUT2D eigenvalue weighted by atomic mass is 10.1. The number of ketones is 1. The SMILES string of the molecule is O=C(/C=C/c1c(F)c(F)c(F)c(F)c1F)c1cccc(N2CCCC2=O)c1. The van der Waals surface area contributed by atoms with Gasteiger partial charge in [-0.15, -0.1) is 0 Å². The van der Waals surface area contributed by atoms with Crippen molar-refractivity contribution in [2.75, 3.05) is 11.4 Å². The van der Waals surface area contributed by atoms with Gasteiger partial charge in [-0.25, -0.2) is 22.0 Å². The Balaban J connectivity index is 1.89. The molecular formula is C19H12F5NO2. The van der Waals surface area contributed by atoms with Crippen molar-refractivity contribution in [3.63, 3.8) is 0 Å². The minimum Gasteiger partial charge on any atom is -0.312 e. The molecule has 0 saturated carbocycles. The molecule has 0 bridgehead atoms. The highest BCUT2D eigenvalue weighted by Gasteiger charge is 2.25. The van der Waals surface area contributed by atoms with Gasteiger partial charge in [-0.2, -0.15) is 0 Å². The topological polar surface area (TPSA) is 37.4 Å². The second kappa shape index (κ2) is 7.30. The van der Waals surface area contributed by atoms with Crippen LogP contribution in [0.5, 0.6) is 0 Å². The maximum Gasteiger partial charge on any atom is 0.227 e. The average molecular weight is 381 g/mol. The van der Waals surface area contributed by atoms with Gasteiger partial charge in [0.15, 0.2) is 29.1 Å². The van der Waals surface area contributed by atoms with Crippen LogP contribution in [0.1, 0.15) is 28.8 Å². The fourth-order valence-electron chi connectivity index (χ4n) is 2.77. The van der Waals surface area contributed by atoms with Gasteiger partial charge >= 0.3 is 0 Å². The van der Waals surface area contributed by atoms with Crippen molar-refractivity contribution >= 4 is 23.5 Å². The van der Waals surface area contributed by atoms with E-state index in [0.717, 1.165) is 0 Å². The Bertz CT molecular complexity index is 942. The number of carbonyl (C=O) groups is 2. The maximum absolute atomic E-state index is 13.6. The van der Waals surface area contributed by atoms with Crippen molar-refractivity contribution < 1.29 is 31.5 Å². The average Bonchev–Trinajstić information content (AvgIpc) is 3.10. The van der Waals surface area contributed by atoms with Crippen molar-refractivity contribution in [3.8, 4) is 0 Å². The zero-order chi connectivity index (χ0) is 19.7. The molecule has 8 heteroatoms. The van der Waals surface area contributed by atoms with Crippen molar-refractivity contribution in [2.24, 2.45) is 0 Å². The number of nitrogens with zero attached hydrogens (tertiary/aromatic N) is 1. The summed E-state index contributed by atoms with van der Waals surface area (Å²) in [7, 11) is 0. The van der Waals surface area contributed by atoms with Gasteiger partial charge in [-0.1, -0.05) is 12.1 Å². The van der Waals surface area contributed by atoms with Crippen molar-refractivity contribution in [3.05, 3.63) is 70.6 Å². The summed E-state index contributed by atoms with van der Waals surface area (Å²) in [6.07, 6.45) is 2.34. The van der Waals surface area contributed by atoms with Crippen LogP contribution in [0.3, 0.4) is 0 Å². The Morgan fingerprint density at radius 1 is 0.963 bits per heavy atom. The van der Waals surface area contributed by atoms with Crippen LogP contribution in [-0.2, 0) is 4.79 Å². The molecule has 0 aromatic heterocycles. The lowest BCUT2D eigenvalue weighted by Gasteiger charge is -2.16. The molecule has 3 rings (SSSR count). The van der Waals surface area contributed by atoms with Crippen LogP contribution in [-0.4, -0.2) is 18.2 Å². The highest BCUT2D eigenvalue weighted by Crippen LogP contribution is 2.25. The summed E-state index contributed by atoms with van der Waals surface area (Å²) in [6.45, 7) is 0.511. The highest BCUT2D eigenvalue weighted by molar-refractivity contribution is 6.08. The van der Waals surface area contributed by atoms with Crippen molar-refractivity contribution in [2.45, 2.75) is 12.8 Å². The molecule has 0 radical (unpaired) electrons. The van der Waals surface area contributed by atoms with Crippen LogP contribution in [0.2, 0.25) is 0 Å². The number of anilines is 1. The first-order valence-corrected chi connectivity index (χ1v) is 7.95. The molecule has 3 nitrogen and oxygen atoms in total. The Morgan fingerprint density at radius 3 is 2.19 bits per heavy atom. The summed E-state index contributed by atoms with van der Waals surface area (Å²) in [4.78, 5) is 25.5. The van der Waals surface area contributed by atoms with E-state index in [9.17, 15) is 31.5 Å². The summed E-state index contributed by atoms with van der Waals surface area (Å²) in [5.41, 5.74) is -0.606. The molecule has 0 N–H and O–H groups in total. The minimum absolute atomic E-state index is 0.0865. The van der Waals surface area contributed by atoms with Gasteiger partial charge in [-0.05, 0) is 30.7 Å². The number of benzene rings is 2. The molecule has 1 heterocycles. The summed E-state index contributed by atoms with van der Waals surface area (Å²) in [5, 5.41) is 0. The fourth-order valence-corrected chi connectivity index (χ4v) is 2.77. The van der Waals surface area contributed by atoms with Gasteiger partial charge in [0.05, 0.1) is 5.56 Å². The zero-order valence-electron chi connectivity index (χ0n) is 13.7. The molecule has 1 amide bonds. The first kappa shape index (κ1) is 18.8. The van der Waals surface area contributed by atoms with E-state index in [1.807, 2.05) is 0 Å². The monoisotopic (exact) mass is 381 g/mol. The maximum atomic E-state index is 13.6. The number of hydrogen-bond acceptors (Lipinski definition) is 2. The Hall–Kier alpha value is -3.03. The van der Waals surface area contributed by atoms with Gasteiger partial charge < -0.3 is 4.90 Å². The van der Waals surface area contributed by atoms with E-state index in [4.69, 9.17) is 0 Å². The molecule has 1 aliphatic rings. The minimum atomic E-state index is -2.27. The number of rotatable bonds is 4. The third kappa shape index (κ3) is 3.47. The zero-order valence-corrected chi connectivity index (χ0v) is 13.7. The summed E-state index contributed by atoms with van der Waals surface area (Å²) >= 11 is 0. The van der Waals surface area contributed by atoms with Crippen molar-refractivity contribution in [1.29, 1.82) is 0 Å². The normalized spacial score (nSPS) is 14.4. The predicted molar refractivity (Wildman–Crippen MR) is 87.6 cm³/mol. The number of hydrogen-bond donors (Lipinski definition) is 0. The third-order valence-electron chi connectivity index (χ3n) is 4.16. The Morgan fingerprint density at radius 2 is 1.59 bits per heavy atom. The van der Waals surface area contributed by atoms with Gasteiger partial charge in [0.1, 0.15) is 0 Å².